The molecule has 1 aromatic heterocycles. The second-order valence-electron chi connectivity index (χ2n) is 7.07. The lowest BCUT2D eigenvalue weighted by Crippen LogP contribution is -2.51. The summed E-state index contributed by atoms with van der Waals surface area (Å²) in [6.45, 7) is 6.03. The standard InChI is InChI=1S/C20H26N4O3.2ClH/c25-20(12-17-15-26-11-6-21-17)24-9-7-23(8-10-24)14-19-22-13-18(27-19)16-4-2-1-3-5-16;;/h1-5,13,17,21H,6-12,14-15H2;2*1H. The maximum Gasteiger partial charge on any atom is 0.224 e. The van der Waals surface area contributed by atoms with Crippen LogP contribution in [0.15, 0.2) is 40.9 Å². The highest BCUT2D eigenvalue weighted by molar-refractivity contribution is 5.85. The molecule has 1 N–H and O–H groups in total. The molecular formula is C20H28Cl2N4O3. The summed E-state index contributed by atoms with van der Waals surface area (Å²) in [7, 11) is 0. The molecule has 2 fully saturated rings. The Labute approximate surface area is 183 Å². The molecule has 29 heavy (non-hydrogen) atoms. The molecule has 0 spiro atoms. The van der Waals surface area contributed by atoms with Crippen molar-refractivity contribution in [1.29, 1.82) is 0 Å². The maximum absolute atomic E-state index is 12.5. The van der Waals surface area contributed by atoms with Crippen LogP contribution in [0, 0.1) is 0 Å². The number of carbonyl (C=O) groups is 1. The molecule has 0 radical (unpaired) electrons. The largest absolute Gasteiger partial charge is 0.439 e. The van der Waals surface area contributed by atoms with E-state index in [1.807, 2.05) is 35.2 Å². The highest BCUT2D eigenvalue weighted by Gasteiger charge is 2.25. The number of ether oxygens (including phenoxy) is 1. The van der Waals surface area contributed by atoms with Crippen LogP contribution in [0.5, 0.6) is 0 Å². The third-order valence-electron chi connectivity index (χ3n) is 5.12. The zero-order valence-corrected chi connectivity index (χ0v) is 17.9. The number of aromatic nitrogens is 1. The highest BCUT2D eigenvalue weighted by atomic mass is 35.5. The number of carbonyl (C=O) groups excluding carboxylic acids is 1. The van der Waals surface area contributed by atoms with Crippen molar-refractivity contribution in [2.24, 2.45) is 0 Å². The van der Waals surface area contributed by atoms with E-state index in [0.717, 1.165) is 56.5 Å². The molecule has 1 atom stereocenters. The van der Waals surface area contributed by atoms with Crippen LogP contribution in [0.3, 0.4) is 0 Å². The smallest absolute Gasteiger partial charge is 0.224 e. The number of piperazine rings is 1. The van der Waals surface area contributed by atoms with Crippen molar-refractivity contribution < 1.29 is 13.9 Å². The van der Waals surface area contributed by atoms with Crippen molar-refractivity contribution in [2.75, 3.05) is 45.9 Å². The third-order valence-corrected chi connectivity index (χ3v) is 5.12. The van der Waals surface area contributed by atoms with Gasteiger partial charge in [-0.05, 0) is 0 Å². The minimum Gasteiger partial charge on any atom is -0.439 e. The van der Waals surface area contributed by atoms with Crippen LogP contribution >= 0.6 is 24.8 Å². The fourth-order valence-corrected chi connectivity index (χ4v) is 3.56. The lowest BCUT2D eigenvalue weighted by atomic mass is 10.1. The molecule has 160 valence electrons. The van der Waals surface area contributed by atoms with Crippen molar-refractivity contribution >= 4 is 30.7 Å². The first-order valence-corrected chi connectivity index (χ1v) is 9.59. The van der Waals surface area contributed by atoms with E-state index in [9.17, 15) is 4.79 Å². The van der Waals surface area contributed by atoms with Gasteiger partial charge in [0.2, 0.25) is 11.8 Å². The normalized spacial score (nSPS) is 19.9. The van der Waals surface area contributed by atoms with E-state index in [4.69, 9.17) is 9.15 Å². The SMILES string of the molecule is Cl.Cl.O=C(CC1COCCN1)N1CCN(Cc2ncc(-c3ccccc3)o2)CC1. The Hall–Kier alpha value is -1.64. The molecule has 3 heterocycles. The van der Waals surface area contributed by atoms with E-state index in [0.29, 0.717) is 19.6 Å². The van der Waals surface area contributed by atoms with Crippen LogP contribution in [0.25, 0.3) is 11.3 Å². The minimum absolute atomic E-state index is 0. The molecule has 4 rings (SSSR count). The van der Waals surface area contributed by atoms with Gasteiger partial charge >= 0.3 is 0 Å². The monoisotopic (exact) mass is 442 g/mol. The Morgan fingerprint density at radius 1 is 1.14 bits per heavy atom. The Balaban J connectivity index is 0.00000150. The number of nitrogens with zero attached hydrogens (tertiary/aromatic N) is 3. The van der Waals surface area contributed by atoms with Gasteiger partial charge in [-0.2, -0.15) is 0 Å². The number of morpholine rings is 1. The van der Waals surface area contributed by atoms with E-state index >= 15 is 0 Å². The van der Waals surface area contributed by atoms with Crippen molar-refractivity contribution in [2.45, 2.75) is 19.0 Å². The molecule has 1 aromatic carbocycles. The Morgan fingerprint density at radius 2 is 1.90 bits per heavy atom. The predicted molar refractivity (Wildman–Crippen MR) is 116 cm³/mol. The second kappa shape index (κ2) is 11.5. The molecule has 1 unspecified atom stereocenters. The summed E-state index contributed by atoms with van der Waals surface area (Å²) in [6, 6.07) is 10.1. The lowest BCUT2D eigenvalue weighted by Gasteiger charge is -2.35. The van der Waals surface area contributed by atoms with Gasteiger partial charge in [0.25, 0.3) is 0 Å². The van der Waals surface area contributed by atoms with E-state index in [-0.39, 0.29) is 36.8 Å². The lowest BCUT2D eigenvalue weighted by molar-refractivity contribution is -0.134. The van der Waals surface area contributed by atoms with Crippen molar-refractivity contribution in [3.05, 3.63) is 42.4 Å². The molecule has 2 saturated heterocycles. The number of amides is 1. The second-order valence-corrected chi connectivity index (χ2v) is 7.07. The number of halogens is 2. The maximum atomic E-state index is 12.5. The van der Waals surface area contributed by atoms with Crippen molar-refractivity contribution in [3.8, 4) is 11.3 Å². The molecule has 1 amide bonds. The van der Waals surface area contributed by atoms with Gasteiger partial charge in [-0.1, -0.05) is 30.3 Å². The number of hydrogen-bond donors (Lipinski definition) is 1. The van der Waals surface area contributed by atoms with E-state index in [2.05, 4.69) is 15.2 Å². The number of benzene rings is 1. The number of nitrogens with one attached hydrogen (secondary N) is 1. The van der Waals surface area contributed by atoms with Gasteiger partial charge < -0.3 is 19.4 Å². The fraction of sp³-hybridized carbons (Fsp3) is 0.500. The van der Waals surface area contributed by atoms with Gasteiger partial charge in [0.1, 0.15) is 0 Å². The quantitative estimate of drug-likeness (QED) is 0.764. The fourth-order valence-electron chi connectivity index (χ4n) is 3.56. The van der Waals surface area contributed by atoms with E-state index < -0.39 is 0 Å². The molecule has 7 nitrogen and oxygen atoms in total. The Kier molecular flexibility index (Phi) is 9.39. The average molecular weight is 443 g/mol. The zero-order valence-electron chi connectivity index (χ0n) is 16.3. The first-order chi connectivity index (χ1) is 13.3. The number of hydrogen-bond acceptors (Lipinski definition) is 6. The van der Waals surface area contributed by atoms with E-state index in [1.54, 1.807) is 6.20 Å². The predicted octanol–water partition coefficient (Wildman–Crippen LogP) is 2.21. The van der Waals surface area contributed by atoms with Crippen LogP contribution in [0.2, 0.25) is 0 Å². The Morgan fingerprint density at radius 3 is 2.59 bits per heavy atom. The summed E-state index contributed by atoms with van der Waals surface area (Å²) in [4.78, 5) is 21.1. The average Bonchev–Trinajstić information content (AvgIpc) is 3.18. The molecule has 2 aliphatic heterocycles. The van der Waals surface area contributed by atoms with Crippen LogP contribution in [0.4, 0.5) is 0 Å². The summed E-state index contributed by atoms with van der Waals surface area (Å²) < 4.78 is 11.3. The minimum atomic E-state index is 0. The zero-order chi connectivity index (χ0) is 18.5. The van der Waals surface area contributed by atoms with Crippen LogP contribution in [0.1, 0.15) is 12.3 Å². The van der Waals surface area contributed by atoms with Crippen LogP contribution < -0.4 is 5.32 Å². The van der Waals surface area contributed by atoms with Crippen molar-refractivity contribution in [1.82, 2.24) is 20.1 Å². The first kappa shape index (κ1) is 23.6. The highest BCUT2D eigenvalue weighted by Crippen LogP contribution is 2.20. The third kappa shape index (κ3) is 6.42. The Bertz CT molecular complexity index is 745. The molecule has 0 bridgehead atoms. The molecule has 9 heteroatoms. The van der Waals surface area contributed by atoms with Gasteiger partial charge in [-0.25, -0.2) is 4.98 Å². The number of rotatable bonds is 5. The van der Waals surface area contributed by atoms with Gasteiger partial charge in [-0.15, -0.1) is 24.8 Å². The topological polar surface area (TPSA) is 70.8 Å². The molecule has 0 saturated carbocycles. The summed E-state index contributed by atoms with van der Waals surface area (Å²) in [6.07, 6.45) is 2.30. The van der Waals surface area contributed by atoms with Crippen LogP contribution in [-0.4, -0.2) is 72.7 Å². The summed E-state index contributed by atoms with van der Waals surface area (Å²) >= 11 is 0. The molecule has 0 aliphatic carbocycles. The van der Waals surface area contributed by atoms with Crippen LogP contribution in [-0.2, 0) is 16.1 Å². The molecule has 2 aromatic rings. The first-order valence-electron chi connectivity index (χ1n) is 9.59. The molecular weight excluding hydrogens is 415 g/mol. The molecule has 2 aliphatic rings. The van der Waals surface area contributed by atoms with Gasteiger partial charge in [-0.3, -0.25) is 9.69 Å². The number of oxazole rings is 1. The van der Waals surface area contributed by atoms with Crippen molar-refractivity contribution in [3.63, 3.8) is 0 Å². The summed E-state index contributed by atoms with van der Waals surface area (Å²) in [5.74, 6) is 1.72. The van der Waals surface area contributed by atoms with Gasteiger partial charge in [0.15, 0.2) is 5.76 Å². The summed E-state index contributed by atoms with van der Waals surface area (Å²) in [5.41, 5.74) is 1.03. The summed E-state index contributed by atoms with van der Waals surface area (Å²) in [5, 5.41) is 3.34. The van der Waals surface area contributed by atoms with Gasteiger partial charge in [0, 0.05) is 50.7 Å². The van der Waals surface area contributed by atoms with Gasteiger partial charge in [0.05, 0.1) is 26.0 Å². The van der Waals surface area contributed by atoms with E-state index in [1.165, 1.54) is 0 Å².